The Morgan fingerprint density at radius 2 is 1.85 bits per heavy atom. The van der Waals surface area contributed by atoms with E-state index in [4.69, 9.17) is 4.98 Å². The molecular formula is C17H24N2O. The highest BCUT2D eigenvalue weighted by atomic mass is 16.1. The smallest absolute Gasteiger partial charge is 0.261 e. The highest BCUT2D eigenvalue weighted by Crippen LogP contribution is 2.18. The van der Waals surface area contributed by atoms with Gasteiger partial charge in [-0.15, -0.1) is 0 Å². The van der Waals surface area contributed by atoms with E-state index in [0.29, 0.717) is 5.39 Å². The molecule has 3 nitrogen and oxygen atoms in total. The number of para-hydroxylation sites is 1. The Morgan fingerprint density at radius 1 is 1.15 bits per heavy atom. The summed E-state index contributed by atoms with van der Waals surface area (Å²) in [7, 11) is 0. The quantitative estimate of drug-likeness (QED) is 0.792. The first-order valence-electron chi connectivity index (χ1n) is 7.46. The van der Waals surface area contributed by atoms with Crippen molar-refractivity contribution in [3.8, 4) is 0 Å². The van der Waals surface area contributed by atoms with Gasteiger partial charge in [0.25, 0.3) is 5.56 Å². The number of aromatic nitrogens is 2. The first-order chi connectivity index (χ1) is 9.45. The van der Waals surface area contributed by atoms with Crippen molar-refractivity contribution in [2.24, 2.45) is 0 Å². The average Bonchev–Trinajstić information content (AvgIpc) is 2.37. The van der Waals surface area contributed by atoms with Crippen LogP contribution in [0.1, 0.15) is 52.8 Å². The van der Waals surface area contributed by atoms with Crippen LogP contribution in [0.15, 0.2) is 29.1 Å². The molecule has 108 valence electrons. The van der Waals surface area contributed by atoms with Crippen LogP contribution >= 0.6 is 0 Å². The zero-order valence-electron chi connectivity index (χ0n) is 12.9. The second kappa shape index (κ2) is 5.78. The number of hydrogen-bond acceptors (Lipinski definition) is 2. The van der Waals surface area contributed by atoms with Gasteiger partial charge in [-0.05, 0) is 39.3 Å². The molecule has 1 aromatic carbocycles. The van der Waals surface area contributed by atoms with Gasteiger partial charge >= 0.3 is 0 Å². The fourth-order valence-electron chi connectivity index (χ4n) is 2.57. The summed E-state index contributed by atoms with van der Waals surface area (Å²) in [6.07, 6.45) is 4.29. The van der Waals surface area contributed by atoms with E-state index in [0.717, 1.165) is 24.2 Å². The summed E-state index contributed by atoms with van der Waals surface area (Å²) < 4.78 is 1.87. The summed E-state index contributed by atoms with van der Waals surface area (Å²) in [4.78, 5) is 17.5. The van der Waals surface area contributed by atoms with Gasteiger partial charge in [0.05, 0.1) is 10.9 Å². The molecule has 0 saturated carbocycles. The number of benzene rings is 1. The van der Waals surface area contributed by atoms with Crippen LogP contribution in [0.25, 0.3) is 10.9 Å². The maximum Gasteiger partial charge on any atom is 0.261 e. The zero-order valence-corrected chi connectivity index (χ0v) is 12.9. The second-order valence-electron chi connectivity index (χ2n) is 6.31. The molecule has 1 heterocycles. The molecule has 0 amide bonds. The lowest BCUT2D eigenvalue weighted by atomic mass is 10.1. The van der Waals surface area contributed by atoms with E-state index in [2.05, 4.69) is 27.7 Å². The maximum absolute atomic E-state index is 12.8. The van der Waals surface area contributed by atoms with E-state index in [9.17, 15) is 4.79 Å². The molecule has 0 fully saturated rings. The number of nitrogens with zero attached hydrogens (tertiary/aromatic N) is 2. The van der Waals surface area contributed by atoms with Gasteiger partial charge in [-0.25, -0.2) is 4.98 Å². The lowest BCUT2D eigenvalue weighted by molar-refractivity contribution is 0.364. The van der Waals surface area contributed by atoms with Gasteiger partial charge in [0, 0.05) is 12.0 Å². The van der Waals surface area contributed by atoms with Crippen LogP contribution in [-0.4, -0.2) is 9.55 Å². The van der Waals surface area contributed by atoms with Gasteiger partial charge in [-0.1, -0.05) is 31.9 Å². The topological polar surface area (TPSA) is 34.9 Å². The lowest BCUT2D eigenvalue weighted by Crippen LogP contribution is -2.37. The van der Waals surface area contributed by atoms with Crippen molar-refractivity contribution in [3.05, 3.63) is 40.4 Å². The van der Waals surface area contributed by atoms with E-state index >= 15 is 0 Å². The van der Waals surface area contributed by atoms with Gasteiger partial charge in [0.2, 0.25) is 0 Å². The van der Waals surface area contributed by atoms with E-state index in [1.807, 2.05) is 28.8 Å². The Labute approximate surface area is 120 Å². The van der Waals surface area contributed by atoms with Crippen LogP contribution in [-0.2, 0) is 12.0 Å². The Balaban J connectivity index is 2.61. The largest absolute Gasteiger partial charge is 0.291 e. The van der Waals surface area contributed by atoms with Crippen LogP contribution in [0.4, 0.5) is 0 Å². The molecule has 0 N–H and O–H groups in total. The van der Waals surface area contributed by atoms with Gasteiger partial charge in [0.15, 0.2) is 0 Å². The van der Waals surface area contributed by atoms with E-state index in [1.165, 1.54) is 12.8 Å². The Hall–Kier alpha value is -1.64. The van der Waals surface area contributed by atoms with Crippen molar-refractivity contribution in [1.82, 2.24) is 9.55 Å². The van der Waals surface area contributed by atoms with Crippen LogP contribution in [0.5, 0.6) is 0 Å². The molecule has 0 spiro atoms. The first kappa shape index (κ1) is 14.8. The van der Waals surface area contributed by atoms with Crippen molar-refractivity contribution < 1.29 is 0 Å². The molecule has 0 aliphatic carbocycles. The molecule has 0 aliphatic rings. The predicted octanol–water partition coefficient (Wildman–Crippen LogP) is 3.88. The minimum atomic E-state index is -0.240. The summed E-state index contributed by atoms with van der Waals surface area (Å²) in [5.41, 5.74) is 0.648. The highest BCUT2D eigenvalue weighted by molar-refractivity contribution is 5.77. The summed E-state index contributed by atoms with van der Waals surface area (Å²) in [6.45, 7) is 8.38. The molecule has 0 atom stereocenters. The van der Waals surface area contributed by atoms with Crippen molar-refractivity contribution in [3.63, 3.8) is 0 Å². The first-order valence-corrected chi connectivity index (χ1v) is 7.46. The summed E-state index contributed by atoms with van der Waals surface area (Å²) >= 11 is 0. The molecule has 20 heavy (non-hydrogen) atoms. The minimum Gasteiger partial charge on any atom is -0.291 e. The highest BCUT2D eigenvalue weighted by Gasteiger charge is 2.20. The van der Waals surface area contributed by atoms with Crippen LogP contribution in [0.2, 0.25) is 0 Å². The molecule has 0 radical (unpaired) electrons. The van der Waals surface area contributed by atoms with Gasteiger partial charge in [-0.3, -0.25) is 9.36 Å². The van der Waals surface area contributed by atoms with Crippen LogP contribution < -0.4 is 5.56 Å². The van der Waals surface area contributed by atoms with Crippen molar-refractivity contribution >= 4 is 10.9 Å². The predicted molar refractivity (Wildman–Crippen MR) is 84.2 cm³/mol. The SMILES string of the molecule is CCCCCc1nc2ccccc2c(=O)n1C(C)(C)C. The molecular weight excluding hydrogens is 248 g/mol. The fourth-order valence-corrected chi connectivity index (χ4v) is 2.57. The van der Waals surface area contributed by atoms with Gasteiger partial charge < -0.3 is 0 Å². The molecule has 0 unspecified atom stereocenters. The number of hydrogen-bond donors (Lipinski definition) is 0. The summed E-state index contributed by atoms with van der Waals surface area (Å²) in [6, 6.07) is 7.62. The van der Waals surface area contributed by atoms with Crippen molar-refractivity contribution in [2.45, 2.75) is 58.9 Å². The van der Waals surface area contributed by atoms with Crippen molar-refractivity contribution in [2.75, 3.05) is 0 Å². The van der Waals surface area contributed by atoms with E-state index < -0.39 is 0 Å². The summed E-state index contributed by atoms with van der Waals surface area (Å²) in [5, 5.41) is 0.710. The zero-order chi connectivity index (χ0) is 14.8. The lowest BCUT2D eigenvalue weighted by Gasteiger charge is -2.26. The van der Waals surface area contributed by atoms with Gasteiger partial charge in [-0.2, -0.15) is 0 Å². The molecule has 0 saturated heterocycles. The molecule has 3 heteroatoms. The van der Waals surface area contributed by atoms with Gasteiger partial charge in [0.1, 0.15) is 5.82 Å². The molecule has 0 aliphatic heterocycles. The van der Waals surface area contributed by atoms with Crippen LogP contribution in [0.3, 0.4) is 0 Å². The maximum atomic E-state index is 12.8. The molecule has 2 aromatic rings. The number of fused-ring (bicyclic) bond motifs is 1. The normalized spacial score (nSPS) is 12.0. The van der Waals surface area contributed by atoms with Crippen molar-refractivity contribution in [1.29, 1.82) is 0 Å². The van der Waals surface area contributed by atoms with E-state index in [-0.39, 0.29) is 11.1 Å². The minimum absolute atomic E-state index is 0.0783. The average molecular weight is 272 g/mol. The number of unbranched alkanes of at least 4 members (excludes halogenated alkanes) is 2. The number of rotatable bonds is 4. The van der Waals surface area contributed by atoms with E-state index in [1.54, 1.807) is 0 Å². The monoisotopic (exact) mass is 272 g/mol. The fraction of sp³-hybridized carbons (Fsp3) is 0.529. The third-order valence-electron chi connectivity index (χ3n) is 3.52. The third kappa shape index (κ3) is 2.92. The van der Waals surface area contributed by atoms with Crippen LogP contribution in [0, 0.1) is 0 Å². The second-order valence-corrected chi connectivity index (χ2v) is 6.31. The number of aryl methyl sites for hydroxylation is 1. The molecule has 2 rings (SSSR count). The Kier molecular flexibility index (Phi) is 4.26. The molecule has 1 aromatic heterocycles. The standard InChI is InChI=1S/C17H24N2O/c1-5-6-7-12-15-18-14-11-9-8-10-13(14)16(20)19(15)17(2,3)4/h8-11H,5-7,12H2,1-4H3. The summed E-state index contributed by atoms with van der Waals surface area (Å²) in [5.74, 6) is 0.912. The Bertz CT molecular complexity index is 650. The molecule has 0 bridgehead atoms. The third-order valence-corrected chi connectivity index (χ3v) is 3.52. The Morgan fingerprint density at radius 3 is 2.50 bits per heavy atom.